The van der Waals surface area contributed by atoms with Gasteiger partial charge in [0.05, 0.1) is 6.61 Å². The molecule has 3 nitrogen and oxygen atoms in total. The van der Waals surface area contributed by atoms with Crippen molar-refractivity contribution in [3.63, 3.8) is 0 Å². The van der Waals surface area contributed by atoms with Crippen LogP contribution in [0, 0.1) is 5.82 Å². The topological polar surface area (TPSA) is 49.7 Å². The molecule has 0 aromatic heterocycles. The third-order valence-electron chi connectivity index (χ3n) is 1.84. The van der Waals surface area contributed by atoms with Gasteiger partial charge in [-0.2, -0.15) is 0 Å². The first-order chi connectivity index (χ1) is 6.65. The van der Waals surface area contributed by atoms with Crippen molar-refractivity contribution in [2.24, 2.45) is 0 Å². The Labute approximate surface area is 82.3 Å². The summed E-state index contributed by atoms with van der Waals surface area (Å²) in [4.78, 5) is 0. The maximum Gasteiger partial charge on any atom is 0.488 e. The molecule has 1 aromatic rings. The van der Waals surface area contributed by atoms with Gasteiger partial charge < -0.3 is 14.8 Å². The number of hydrogen-bond donors (Lipinski definition) is 2. The zero-order chi connectivity index (χ0) is 10.6. The molecular formula is C9H12BFO3. The van der Waals surface area contributed by atoms with E-state index >= 15 is 0 Å². The summed E-state index contributed by atoms with van der Waals surface area (Å²) in [5, 5.41) is 17.5. The molecule has 1 aromatic carbocycles. The molecule has 1 rings (SSSR count). The lowest BCUT2D eigenvalue weighted by Gasteiger charge is -2.05. The van der Waals surface area contributed by atoms with Gasteiger partial charge in [0.1, 0.15) is 5.82 Å². The minimum Gasteiger partial charge on any atom is -0.423 e. The van der Waals surface area contributed by atoms with Crippen molar-refractivity contribution >= 4 is 12.6 Å². The monoisotopic (exact) mass is 198 g/mol. The molecule has 76 valence electrons. The van der Waals surface area contributed by atoms with Crippen LogP contribution in [0.1, 0.15) is 12.5 Å². The quantitative estimate of drug-likeness (QED) is 0.671. The summed E-state index contributed by atoms with van der Waals surface area (Å²) in [6, 6.07) is 4.04. The molecule has 0 aliphatic carbocycles. The van der Waals surface area contributed by atoms with Crippen LogP contribution in [0.5, 0.6) is 0 Å². The highest BCUT2D eigenvalue weighted by Crippen LogP contribution is 2.06. The van der Waals surface area contributed by atoms with Crippen LogP contribution in [0.25, 0.3) is 0 Å². The third kappa shape index (κ3) is 2.80. The molecule has 0 saturated carbocycles. The van der Waals surface area contributed by atoms with Gasteiger partial charge in [-0.1, -0.05) is 12.1 Å². The highest BCUT2D eigenvalue weighted by atomic mass is 19.1. The second-order valence-electron chi connectivity index (χ2n) is 2.86. The van der Waals surface area contributed by atoms with Gasteiger partial charge in [0.25, 0.3) is 0 Å². The van der Waals surface area contributed by atoms with Crippen LogP contribution in [0.2, 0.25) is 0 Å². The SMILES string of the molecule is CCOCc1ccc(B(O)O)cc1F. The van der Waals surface area contributed by atoms with E-state index in [0.717, 1.165) is 6.07 Å². The number of hydrogen-bond acceptors (Lipinski definition) is 3. The lowest BCUT2D eigenvalue weighted by atomic mass is 9.80. The van der Waals surface area contributed by atoms with E-state index in [0.29, 0.717) is 12.2 Å². The first-order valence-corrected chi connectivity index (χ1v) is 4.37. The second kappa shape index (κ2) is 5.09. The van der Waals surface area contributed by atoms with E-state index in [4.69, 9.17) is 14.8 Å². The fourth-order valence-corrected chi connectivity index (χ4v) is 1.05. The van der Waals surface area contributed by atoms with Gasteiger partial charge in [0.15, 0.2) is 0 Å². The minimum absolute atomic E-state index is 0.141. The predicted octanol–water partition coefficient (Wildman–Crippen LogP) is 0.0420. The van der Waals surface area contributed by atoms with E-state index in [2.05, 4.69) is 0 Å². The van der Waals surface area contributed by atoms with E-state index in [1.165, 1.54) is 12.1 Å². The molecule has 0 fully saturated rings. The van der Waals surface area contributed by atoms with Crippen LogP contribution in [0.3, 0.4) is 0 Å². The van der Waals surface area contributed by atoms with Gasteiger partial charge in [-0.3, -0.25) is 0 Å². The lowest BCUT2D eigenvalue weighted by Crippen LogP contribution is -2.30. The second-order valence-corrected chi connectivity index (χ2v) is 2.86. The molecule has 2 N–H and O–H groups in total. The molecule has 5 heteroatoms. The summed E-state index contributed by atoms with van der Waals surface area (Å²) < 4.78 is 18.3. The van der Waals surface area contributed by atoms with E-state index in [-0.39, 0.29) is 12.1 Å². The third-order valence-corrected chi connectivity index (χ3v) is 1.84. The Morgan fingerprint density at radius 3 is 2.64 bits per heavy atom. The first kappa shape index (κ1) is 11.2. The van der Waals surface area contributed by atoms with Gasteiger partial charge in [-0.05, 0) is 18.5 Å². The Bertz CT molecular complexity index is 304. The zero-order valence-electron chi connectivity index (χ0n) is 7.90. The number of rotatable bonds is 4. The van der Waals surface area contributed by atoms with Crippen LogP contribution >= 0.6 is 0 Å². The van der Waals surface area contributed by atoms with E-state index in [1.54, 1.807) is 0 Å². The molecule has 0 bridgehead atoms. The zero-order valence-corrected chi connectivity index (χ0v) is 7.90. The average Bonchev–Trinajstić information content (AvgIpc) is 2.15. The summed E-state index contributed by atoms with van der Waals surface area (Å²) in [6.07, 6.45) is 0. The molecule has 0 aliphatic rings. The van der Waals surface area contributed by atoms with Crippen molar-refractivity contribution < 1.29 is 19.2 Å². The molecule has 14 heavy (non-hydrogen) atoms. The predicted molar refractivity (Wildman–Crippen MR) is 51.6 cm³/mol. The number of benzene rings is 1. The molecular weight excluding hydrogens is 186 g/mol. The molecule has 0 radical (unpaired) electrons. The van der Waals surface area contributed by atoms with Gasteiger partial charge >= 0.3 is 7.12 Å². The summed E-state index contributed by atoms with van der Waals surface area (Å²) in [5.74, 6) is -0.482. The number of ether oxygens (including phenoxy) is 1. The highest BCUT2D eigenvalue weighted by Gasteiger charge is 2.13. The minimum atomic E-state index is -1.63. The van der Waals surface area contributed by atoms with Crippen LogP contribution in [0.4, 0.5) is 4.39 Å². The largest absolute Gasteiger partial charge is 0.488 e. The molecule has 0 atom stereocenters. The molecule has 0 heterocycles. The van der Waals surface area contributed by atoms with Gasteiger partial charge in [-0.25, -0.2) is 4.39 Å². The van der Waals surface area contributed by atoms with Crippen LogP contribution in [-0.2, 0) is 11.3 Å². The first-order valence-electron chi connectivity index (χ1n) is 4.37. The molecule has 0 saturated heterocycles. The number of halogens is 1. The van der Waals surface area contributed by atoms with Gasteiger partial charge in [0, 0.05) is 12.2 Å². The Morgan fingerprint density at radius 2 is 2.14 bits per heavy atom. The fourth-order valence-electron chi connectivity index (χ4n) is 1.05. The lowest BCUT2D eigenvalue weighted by molar-refractivity contribution is 0.131. The van der Waals surface area contributed by atoms with Crippen molar-refractivity contribution in [3.8, 4) is 0 Å². The van der Waals surface area contributed by atoms with Crippen molar-refractivity contribution in [2.45, 2.75) is 13.5 Å². The van der Waals surface area contributed by atoms with Crippen molar-refractivity contribution in [1.82, 2.24) is 0 Å². The Balaban J connectivity index is 2.79. The molecule has 0 unspecified atom stereocenters. The Kier molecular flexibility index (Phi) is 4.07. The summed E-state index contributed by atoms with van der Waals surface area (Å²) in [6.45, 7) is 2.54. The molecule has 0 aliphatic heterocycles. The van der Waals surface area contributed by atoms with Gasteiger partial charge in [0.2, 0.25) is 0 Å². The normalized spacial score (nSPS) is 10.3. The van der Waals surface area contributed by atoms with E-state index in [9.17, 15) is 4.39 Å². The summed E-state index contributed by atoms with van der Waals surface area (Å²) in [5.41, 5.74) is 0.555. The summed E-state index contributed by atoms with van der Waals surface area (Å²) in [7, 11) is -1.63. The molecule has 0 amide bonds. The van der Waals surface area contributed by atoms with Crippen molar-refractivity contribution in [3.05, 3.63) is 29.6 Å². The Morgan fingerprint density at radius 1 is 1.43 bits per heavy atom. The van der Waals surface area contributed by atoms with Crippen LogP contribution < -0.4 is 5.46 Å². The maximum atomic E-state index is 13.2. The van der Waals surface area contributed by atoms with Gasteiger partial charge in [-0.15, -0.1) is 0 Å². The smallest absolute Gasteiger partial charge is 0.423 e. The van der Waals surface area contributed by atoms with E-state index < -0.39 is 12.9 Å². The summed E-state index contributed by atoms with van der Waals surface area (Å²) >= 11 is 0. The highest BCUT2D eigenvalue weighted by molar-refractivity contribution is 6.58. The maximum absolute atomic E-state index is 13.2. The van der Waals surface area contributed by atoms with Crippen molar-refractivity contribution in [2.75, 3.05) is 6.61 Å². The van der Waals surface area contributed by atoms with Crippen molar-refractivity contribution in [1.29, 1.82) is 0 Å². The fraction of sp³-hybridized carbons (Fsp3) is 0.333. The standard InChI is InChI=1S/C9H12BFO3/c1-2-14-6-7-3-4-8(10(12)13)5-9(7)11/h3-5,12-13H,2,6H2,1H3. The Hall–Kier alpha value is -0.905. The van der Waals surface area contributed by atoms with E-state index in [1.807, 2.05) is 6.92 Å². The average molecular weight is 198 g/mol. The van der Waals surface area contributed by atoms with Crippen LogP contribution in [0.15, 0.2) is 18.2 Å². The van der Waals surface area contributed by atoms with Crippen LogP contribution in [-0.4, -0.2) is 23.8 Å². The molecule has 0 spiro atoms.